The van der Waals surface area contributed by atoms with E-state index in [-0.39, 0.29) is 18.2 Å². The van der Waals surface area contributed by atoms with Crippen molar-refractivity contribution in [1.82, 2.24) is 0 Å². The van der Waals surface area contributed by atoms with E-state index >= 15 is 0 Å². The lowest BCUT2D eigenvalue weighted by molar-refractivity contribution is -0.128. The van der Waals surface area contributed by atoms with Gasteiger partial charge in [-0.25, -0.2) is 0 Å². The Morgan fingerprint density at radius 2 is 2.06 bits per heavy atom. The zero-order valence-electron chi connectivity index (χ0n) is 9.64. The summed E-state index contributed by atoms with van der Waals surface area (Å²) in [6, 6.07) is 6.76. The summed E-state index contributed by atoms with van der Waals surface area (Å²) >= 11 is 0. The first-order valence-electron chi connectivity index (χ1n) is 5.51. The molecule has 0 aliphatic carbocycles. The van der Waals surface area contributed by atoms with E-state index in [1.54, 1.807) is 31.4 Å². The molecule has 1 aromatic rings. The molecule has 0 N–H and O–H groups in total. The Hall–Kier alpha value is -1.68. The van der Waals surface area contributed by atoms with Crippen molar-refractivity contribution in [2.75, 3.05) is 20.3 Å². The second kappa shape index (κ2) is 5.10. The molecule has 90 valence electrons. The number of rotatable bonds is 3. The molecule has 1 unspecified atom stereocenters. The maximum Gasteiger partial charge on any atom is 0.175 e. The molecule has 17 heavy (non-hydrogen) atoms. The maximum atomic E-state index is 12.1. The summed E-state index contributed by atoms with van der Waals surface area (Å²) in [5, 5.41) is 0. The van der Waals surface area contributed by atoms with Crippen LogP contribution in [0.3, 0.4) is 0 Å². The molecule has 1 aliphatic heterocycles. The van der Waals surface area contributed by atoms with E-state index in [0.29, 0.717) is 24.3 Å². The number of ketones is 2. The fourth-order valence-corrected chi connectivity index (χ4v) is 1.82. The number of carbonyl (C=O) groups is 2. The van der Waals surface area contributed by atoms with Crippen LogP contribution in [0.25, 0.3) is 0 Å². The number of Topliss-reactive ketones (excluding diaryl/α,β-unsaturated/α-hetero) is 2. The van der Waals surface area contributed by atoms with E-state index in [9.17, 15) is 9.59 Å². The molecule has 0 bridgehead atoms. The maximum absolute atomic E-state index is 12.1. The predicted molar refractivity (Wildman–Crippen MR) is 61.3 cm³/mol. The fraction of sp³-hybridized carbons (Fsp3) is 0.385. The van der Waals surface area contributed by atoms with Gasteiger partial charge in [-0.3, -0.25) is 9.59 Å². The summed E-state index contributed by atoms with van der Waals surface area (Å²) in [5.41, 5.74) is 0.523. The van der Waals surface area contributed by atoms with Crippen molar-refractivity contribution in [2.45, 2.75) is 6.42 Å². The molecule has 4 nitrogen and oxygen atoms in total. The Labute approximate surface area is 99.5 Å². The van der Waals surface area contributed by atoms with Crippen molar-refractivity contribution >= 4 is 11.6 Å². The van der Waals surface area contributed by atoms with Gasteiger partial charge in [0.25, 0.3) is 0 Å². The molecular formula is C13H14O4. The summed E-state index contributed by atoms with van der Waals surface area (Å²) in [4.78, 5) is 23.7. The van der Waals surface area contributed by atoms with Gasteiger partial charge in [-0.2, -0.15) is 0 Å². The Balaban J connectivity index is 2.15. The Morgan fingerprint density at radius 1 is 1.35 bits per heavy atom. The number of hydrogen-bond donors (Lipinski definition) is 0. The van der Waals surface area contributed by atoms with Crippen LogP contribution in [-0.2, 0) is 9.53 Å². The highest BCUT2D eigenvalue weighted by atomic mass is 16.5. The van der Waals surface area contributed by atoms with Crippen LogP contribution in [0.15, 0.2) is 24.3 Å². The molecule has 4 heteroatoms. The third-order valence-electron chi connectivity index (χ3n) is 2.86. The lowest BCUT2D eigenvalue weighted by atomic mass is 9.91. The molecule has 1 aromatic carbocycles. The predicted octanol–water partition coefficient (Wildman–Crippen LogP) is 1.48. The van der Waals surface area contributed by atoms with E-state index in [1.807, 2.05) is 0 Å². The van der Waals surface area contributed by atoms with Crippen molar-refractivity contribution in [1.29, 1.82) is 0 Å². The SMILES string of the molecule is COc1ccc(C(=O)C2COCCC2=O)cc1. The smallest absolute Gasteiger partial charge is 0.175 e. The molecule has 0 saturated carbocycles. The van der Waals surface area contributed by atoms with Gasteiger partial charge in [-0.15, -0.1) is 0 Å². The molecule has 2 rings (SSSR count). The third kappa shape index (κ3) is 2.53. The monoisotopic (exact) mass is 234 g/mol. The second-order valence-electron chi connectivity index (χ2n) is 3.94. The Kier molecular flexibility index (Phi) is 3.54. The molecular weight excluding hydrogens is 220 g/mol. The highest BCUT2D eigenvalue weighted by molar-refractivity contribution is 6.11. The zero-order chi connectivity index (χ0) is 12.3. The quantitative estimate of drug-likeness (QED) is 0.587. The van der Waals surface area contributed by atoms with Crippen LogP contribution in [0.2, 0.25) is 0 Å². The highest BCUT2D eigenvalue weighted by Crippen LogP contribution is 2.18. The summed E-state index contributed by atoms with van der Waals surface area (Å²) in [6.45, 7) is 0.620. The van der Waals surface area contributed by atoms with Gasteiger partial charge in [-0.1, -0.05) is 0 Å². The molecule has 1 aliphatic rings. The number of carbonyl (C=O) groups excluding carboxylic acids is 2. The molecule has 0 aromatic heterocycles. The largest absolute Gasteiger partial charge is 0.497 e. The van der Waals surface area contributed by atoms with Gasteiger partial charge in [0, 0.05) is 12.0 Å². The minimum Gasteiger partial charge on any atom is -0.497 e. The van der Waals surface area contributed by atoms with Crippen LogP contribution < -0.4 is 4.74 Å². The molecule has 1 fully saturated rings. The van der Waals surface area contributed by atoms with Gasteiger partial charge < -0.3 is 9.47 Å². The van der Waals surface area contributed by atoms with Gasteiger partial charge in [0.15, 0.2) is 5.78 Å². The third-order valence-corrected chi connectivity index (χ3v) is 2.86. The highest BCUT2D eigenvalue weighted by Gasteiger charge is 2.30. The fourth-order valence-electron chi connectivity index (χ4n) is 1.82. The lowest BCUT2D eigenvalue weighted by Gasteiger charge is -2.19. The van der Waals surface area contributed by atoms with Gasteiger partial charge in [0.1, 0.15) is 17.5 Å². The topological polar surface area (TPSA) is 52.6 Å². The van der Waals surface area contributed by atoms with Crippen LogP contribution in [0.4, 0.5) is 0 Å². The van der Waals surface area contributed by atoms with Crippen LogP contribution in [0.5, 0.6) is 5.75 Å². The van der Waals surface area contributed by atoms with E-state index in [1.165, 1.54) is 0 Å². The Morgan fingerprint density at radius 3 is 2.65 bits per heavy atom. The van der Waals surface area contributed by atoms with Gasteiger partial charge in [0.05, 0.1) is 20.3 Å². The van der Waals surface area contributed by atoms with Crippen molar-refractivity contribution in [3.63, 3.8) is 0 Å². The molecule has 1 heterocycles. The van der Waals surface area contributed by atoms with Crippen molar-refractivity contribution in [3.05, 3.63) is 29.8 Å². The van der Waals surface area contributed by atoms with E-state index in [2.05, 4.69) is 0 Å². The summed E-state index contributed by atoms with van der Waals surface area (Å²) in [5.74, 6) is -0.153. The van der Waals surface area contributed by atoms with E-state index in [4.69, 9.17) is 9.47 Å². The molecule has 1 atom stereocenters. The van der Waals surface area contributed by atoms with E-state index < -0.39 is 5.92 Å². The average molecular weight is 234 g/mol. The molecule has 0 amide bonds. The van der Waals surface area contributed by atoms with Crippen molar-refractivity contribution in [3.8, 4) is 5.75 Å². The van der Waals surface area contributed by atoms with Gasteiger partial charge >= 0.3 is 0 Å². The standard InChI is InChI=1S/C13H14O4/c1-16-10-4-2-9(3-5-10)13(15)11-8-17-7-6-12(11)14/h2-5,11H,6-8H2,1H3. The molecule has 0 spiro atoms. The number of ether oxygens (including phenoxy) is 2. The zero-order valence-corrected chi connectivity index (χ0v) is 9.64. The molecule has 0 radical (unpaired) electrons. The Bertz CT molecular complexity index is 422. The minimum absolute atomic E-state index is 0.0305. The average Bonchev–Trinajstić information content (AvgIpc) is 2.39. The van der Waals surface area contributed by atoms with Gasteiger partial charge in [-0.05, 0) is 24.3 Å². The van der Waals surface area contributed by atoms with E-state index in [0.717, 1.165) is 0 Å². The summed E-state index contributed by atoms with van der Waals surface area (Å²) in [7, 11) is 1.56. The minimum atomic E-state index is -0.642. The van der Waals surface area contributed by atoms with Crippen LogP contribution in [-0.4, -0.2) is 31.9 Å². The van der Waals surface area contributed by atoms with Crippen LogP contribution in [0.1, 0.15) is 16.8 Å². The van der Waals surface area contributed by atoms with Crippen molar-refractivity contribution < 1.29 is 19.1 Å². The molecule has 1 saturated heterocycles. The lowest BCUT2D eigenvalue weighted by Crippen LogP contribution is -2.33. The number of hydrogen-bond acceptors (Lipinski definition) is 4. The first-order chi connectivity index (χ1) is 8.22. The van der Waals surface area contributed by atoms with Crippen LogP contribution in [0, 0.1) is 5.92 Å². The van der Waals surface area contributed by atoms with Crippen LogP contribution >= 0.6 is 0 Å². The first kappa shape index (κ1) is 11.8. The summed E-state index contributed by atoms with van der Waals surface area (Å²) in [6.07, 6.45) is 0.326. The first-order valence-corrected chi connectivity index (χ1v) is 5.51. The van der Waals surface area contributed by atoms with Gasteiger partial charge in [0.2, 0.25) is 0 Å². The summed E-state index contributed by atoms with van der Waals surface area (Å²) < 4.78 is 10.2. The second-order valence-corrected chi connectivity index (χ2v) is 3.94. The normalized spacial score (nSPS) is 20.1. The number of benzene rings is 1. The number of methoxy groups -OCH3 is 1. The van der Waals surface area contributed by atoms with Crippen molar-refractivity contribution in [2.24, 2.45) is 5.92 Å².